The van der Waals surface area contributed by atoms with Crippen LogP contribution in [-0.2, 0) is 6.54 Å². The molecule has 1 atom stereocenters. The van der Waals surface area contributed by atoms with E-state index in [0.29, 0.717) is 6.61 Å². The van der Waals surface area contributed by atoms with E-state index >= 15 is 0 Å². The molecule has 1 aromatic rings. The summed E-state index contributed by atoms with van der Waals surface area (Å²) in [5.74, 6) is 0.838. The molecule has 0 saturated carbocycles. The molecule has 1 rings (SSSR count). The number of benzene rings is 1. The highest BCUT2D eigenvalue weighted by Crippen LogP contribution is 2.34. The smallest absolute Gasteiger partial charge is 0.147 e. The van der Waals surface area contributed by atoms with E-state index in [9.17, 15) is 0 Å². The molecule has 0 fully saturated rings. The standard InChI is InChI=1S/C13H19Br2NO2/c1-3-18-13-11(14)6-10(7-12(13)15)8-16-5-4-9(2)17/h6-7,9,16-17H,3-5,8H2,1-2H3. The van der Waals surface area contributed by atoms with Gasteiger partial charge in [0.15, 0.2) is 0 Å². The van der Waals surface area contributed by atoms with Gasteiger partial charge in [0.2, 0.25) is 0 Å². The van der Waals surface area contributed by atoms with Crippen molar-refractivity contribution in [2.24, 2.45) is 0 Å². The van der Waals surface area contributed by atoms with Crippen LogP contribution in [0.2, 0.25) is 0 Å². The van der Waals surface area contributed by atoms with Crippen LogP contribution in [0.1, 0.15) is 25.8 Å². The number of ether oxygens (including phenoxy) is 1. The first-order chi connectivity index (χ1) is 8.54. The molecular formula is C13H19Br2NO2. The van der Waals surface area contributed by atoms with Crippen LogP contribution in [0, 0.1) is 0 Å². The predicted molar refractivity (Wildman–Crippen MR) is 81.0 cm³/mol. The molecule has 0 heterocycles. The van der Waals surface area contributed by atoms with Gasteiger partial charge in [0.05, 0.1) is 21.7 Å². The molecule has 0 aliphatic heterocycles. The summed E-state index contributed by atoms with van der Waals surface area (Å²) in [6, 6.07) is 4.09. The summed E-state index contributed by atoms with van der Waals surface area (Å²) in [6.45, 7) is 5.98. The van der Waals surface area contributed by atoms with Crippen LogP contribution in [-0.4, -0.2) is 24.4 Å². The van der Waals surface area contributed by atoms with E-state index in [1.54, 1.807) is 6.92 Å². The molecule has 1 aromatic carbocycles. The van der Waals surface area contributed by atoms with Gasteiger partial charge in [-0.3, -0.25) is 0 Å². The van der Waals surface area contributed by atoms with Gasteiger partial charge in [-0.05, 0) is 76.4 Å². The highest BCUT2D eigenvalue weighted by Gasteiger charge is 2.08. The van der Waals surface area contributed by atoms with Gasteiger partial charge in [0, 0.05) is 6.54 Å². The van der Waals surface area contributed by atoms with Crippen molar-refractivity contribution >= 4 is 31.9 Å². The van der Waals surface area contributed by atoms with E-state index in [-0.39, 0.29) is 6.10 Å². The first-order valence-electron chi connectivity index (χ1n) is 6.04. The number of hydrogen-bond acceptors (Lipinski definition) is 3. The van der Waals surface area contributed by atoms with Crippen LogP contribution in [0.4, 0.5) is 0 Å². The molecule has 0 spiro atoms. The fourth-order valence-electron chi connectivity index (χ4n) is 1.54. The van der Waals surface area contributed by atoms with Crippen molar-refractivity contribution in [3.05, 3.63) is 26.6 Å². The number of rotatable bonds is 7. The van der Waals surface area contributed by atoms with Gasteiger partial charge in [0.1, 0.15) is 5.75 Å². The second-order valence-corrected chi connectivity index (χ2v) is 5.84. The second kappa shape index (κ2) is 8.15. The normalized spacial score (nSPS) is 12.5. The first-order valence-corrected chi connectivity index (χ1v) is 7.62. The van der Waals surface area contributed by atoms with E-state index in [4.69, 9.17) is 9.84 Å². The van der Waals surface area contributed by atoms with Gasteiger partial charge < -0.3 is 15.2 Å². The van der Waals surface area contributed by atoms with Gasteiger partial charge in [-0.1, -0.05) is 0 Å². The Morgan fingerprint density at radius 2 is 1.94 bits per heavy atom. The van der Waals surface area contributed by atoms with Gasteiger partial charge in [-0.25, -0.2) is 0 Å². The van der Waals surface area contributed by atoms with Crippen molar-refractivity contribution in [1.82, 2.24) is 5.32 Å². The third-order valence-electron chi connectivity index (χ3n) is 2.41. The maximum absolute atomic E-state index is 9.16. The van der Waals surface area contributed by atoms with Crippen molar-refractivity contribution in [3.8, 4) is 5.75 Å². The van der Waals surface area contributed by atoms with Crippen molar-refractivity contribution in [3.63, 3.8) is 0 Å². The summed E-state index contributed by atoms with van der Waals surface area (Å²) in [5.41, 5.74) is 1.17. The molecule has 1 unspecified atom stereocenters. The summed E-state index contributed by atoms with van der Waals surface area (Å²) in [5, 5.41) is 12.5. The minimum Gasteiger partial charge on any atom is -0.492 e. The number of aliphatic hydroxyl groups is 1. The number of aliphatic hydroxyl groups excluding tert-OH is 1. The van der Waals surface area contributed by atoms with E-state index in [0.717, 1.165) is 34.2 Å². The predicted octanol–water partition coefficient (Wildman–Crippen LogP) is 3.47. The Morgan fingerprint density at radius 1 is 1.33 bits per heavy atom. The topological polar surface area (TPSA) is 41.5 Å². The zero-order valence-corrected chi connectivity index (χ0v) is 13.8. The van der Waals surface area contributed by atoms with E-state index < -0.39 is 0 Å². The van der Waals surface area contributed by atoms with E-state index in [1.807, 2.05) is 19.1 Å². The molecule has 2 N–H and O–H groups in total. The molecule has 0 radical (unpaired) electrons. The summed E-state index contributed by atoms with van der Waals surface area (Å²) in [7, 11) is 0. The minimum absolute atomic E-state index is 0.253. The molecule has 102 valence electrons. The molecule has 3 nitrogen and oxygen atoms in total. The van der Waals surface area contributed by atoms with Gasteiger partial charge in [-0.15, -0.1) is 0 Å². The van der Waals surface area contributed by atoms with Crippen LogP contribution < -0.4 is 10.1 Å². The quantitative estimate of drug-likeness (QED) is 0.711. The summed E-state index contributed by atoms with van der Waals surface area (Å²) >= 11 is 7.02. The highest BCUT2D eigenvalue weighted by molar-refractivity contribution is 9.11. The Bertz CT molecular complexity index is 360. The highest BCUT2D eigenvalue weighted by atomic mass is 79.9. The maximum atomic E-state index is 9.16. The minimum atomic E-state index is -0.253. The van der Waals surface area contributed by atoms with Crippen molar-refractivity contribution < 1.29 is 9.84 Å². The van der Waals surface area contributed by atoms with Crippen LogP contribution in [0.3, 0.4) is 0 Å². The van der Waals surface area contributed by atoms with Gasteiger partial charge in [0.25, 0.3) is 0 Å². The molecule has 0 aliphatic carbocycles. The summed E-state index contributed by atoms with van der Waals surface area (Å²) in [6.07, 6.45) is 0.510. The lowest BCUT2D eigenvalue weighted by molar-refractivity contribution is 0.183. The van der Waals surface area contributed by atoms with Crippen molar-refractivity contribution in [2.75, 3.05) is 13.2 Å². The van der Waals surface area contributed by atoms with Crippen LogP contribution in [0.5, 0.6) is 5.75 Å². The molecule has 5 heteroatoms. The third kappa shape index (κ3) is 5.26. The van der Waals surface area contributed by atoms with Crippen molar-refractivity contribution in [2.45, 2.75) is 32.9 Å². The largest absolute Gasteiger partial charge is 0.492 e. The first kappa shape index (κ1) is 16.0. The lowest BCUT2D eigenvalue weighted by Crippen LogP contribution is -2.18. The summed E-state index contributed by atoms with van der Waals surface area (Å²) < 4.78 is 7.43. The molecule has 0 amide bonds. The van der Waals surface area contributed by atoms with Crippen LogP contribution in [0.25, 0.3) is 0 Å². The van der Waals surface area contributed by atoms with E-state index in [1.165, 1.54) is 5.56 Å². The molecule has 0 aliphatic rings. The molecular weight excluding hydrogens is 362 g/mol. The number of nitrogens with one attached hydrogen (secondary N) is 1. The van der Waals surface area contributed by atoms with Crippen LogP contribution in [0.15, 0.2) is 21.1 Å². The van der Waals surface area contributed by atoms with Crippen LogP contribution >= 0.6 is 31.9 Å². The molecule has 0 saturated heterocycles. The second-order valence-electron chi connectivity index (χ2n) is 4.14. The molecule has 0 bridgehead atoms. The fourth-order valence-corrected chi connectivity index (χ4v) is 3.05. The lowest BCUT2D eigenvalue weighted by atomic mass is 10.2. The Hall–Kier alpha value is -0.100. The zero-order valence-electron chi connectivity index (χ0n) is 10.7. The summed E-state index contributed by atoms with van der Waals surface area (Å²) in [4.78, 5) is 0. The lowest BCUT2D eigenvalue weighted by Gasteiger charge is -2.12. The third-order valence-corrected chi connectivity index (χ3v) is 3.59. The average molecular weight is 381 g/mol. The average Bonchev–Trinajstić information content (AvgIpc) is 2.29. The zero-order chi connectivity index (χ0) is 13.5. The Kier molecular flexibility index (Phi) is 7.22. The van der Waals surface area contributed by atoms with Gasteiger partial charge in [-0.2, -0.15) is 0 Å². The van der Waals surface area contributed by atoms with E-state index in [2.05, 4.69) is 37.2 Å². The maximum Gasteiger partial charge on any atom is 0.147 e. The SMILES string of the molecule is CCOc1c(Br)cc(CNCCC(C)O)cc1Br. The Labute approximate surface area is 125 Å². The van der Waals surface area contributed by atoms with Crippen molar-refractivity contribution in [1.29, 1.82) is 0 Å². The Morgan fingerprint density at radius 3 is 2.44 bits per heavy atom. The number of hydrogen-bond donors (Lipinski definition) is 2. The Balaban J connectivity index is 2.57. The monoisotopic (exact) mass is 379 g/mol. The number of halogens is 2. The fraction of sp³-hybridized carbons (Fsp3) is 0.538. The molecule has 18 heavy (non-hydrogen) atoms. The molecule has 0 aromatic heterocycles. The van der Waals surface area contributed by atoms with Gasteiger partial charge >= 0.3 is 0 Å².